The summed E-state index contributed by atoms with van der Waals surface area (Å²) in [6, 6.07) is 5.84. The van der Waals surface area contributed by atoms with Crippen molar-refractivity contribution >= 4 is 34.5 Å². The molecule has 19 heavy (non-hydrogen) atoms. The van der Waals surface area contributed by atoms with Crippen LogP contribution in [-0.4, -0.2) is 11.9 Å². The number of hydrogen-bond donors (Lipinski definition) is 2. The fourth-order valence-electron chi connectivity index (χ4n) is 2.50. The SMILES string of the molecule is CC1(C)CCC(NC(=O)c2ccc(Br)cc2S)CC1. The van der Waals surface area contributed by atoms with E-state index >= 15 is 0 Å². The van der Waals surface area contributed by atoms with Gasteiger partial charge in [0.1, 0.15) is 0 Å². The van der Waals surface area contributed by atoms with E-state index in [-0.39, 0.29) is 5.91 Å². The summed E-state index contributed by atoms with van der Waals surface area (Å²) in [5.74, 6) is -0.0118. The first-order chi connectivity index (χ1) is 8.87. The molecule has 0 bridgehead atoms. The lowest BCUT2D eigenvalue weighted by Crippen LogP contribution is -2.39. The van der Waals surface area contributed by atoms with Crippen molar-refractivity contribution in [3.63, 3.8) is 0 Å². The second-order valence-electron chi connectivity index (χ2n) is 6.07. The first-order valence-corrected chi connectivity index (χ1v) is 7.91. The highest BCUT2D eigenvalue weighted by atomic mass is 79.9. The van der Waals surface area contributed by atoms with E-state index in [1.54, 1.807) is 0 Å². The molecule has 0 unspecified atom stereocenters. The molecule has 1 amide bonds. The van der Waals surface area contributed by atoms with Gasteiger partial charge in [0.15, 0.2) is 0 Å². The second-order valence-corrected chi connectivity index (χ2v) is 7.47. The van der Waals surface area contributed by atoms with Gasteiger partial charge in [-0.05, 0) is 49.3 Å². The van der Waals surface area contributed by atoms with Crippen LogP contribution in [0.4, 0.5) is 0 Å². The lowest BCUT2D eigenvalue weighted by Gasteiger charge is -2.34. The van der Waals surface area contributed by atoms with Crippen molar-refractivity contribution in [3.8, 4) is 0 Å². The molecule has 1 N–H and O–H groups in total. The van der Waals surface area contributed by atoms with Gasteiger partial charge < -0.3 is 5.32 Å². The predicted octanol–water partition coefficient (Wildman–Crippen LogP) is 4.44. The third-order valence-corrected chi connectivity index (χ3v) is 4.74. The summed E-state index contributed by atoms with van der Waals surface area (Å²) in [7, 11) is 0. The summed E-state index contributed by atoms with van der Waals surface area (Å²) >= 11 is 7.74. The highest BCUT2D eigenvalue weighted by Crippen LogP contribution is 2.35. The fourth-order valence-corrected chi connectivity index (χ4v) is 3.36. The zero-order chi connectivity index (χ0) is 14.0. The molecule has 1 fully saturated rings. The normalized spacial score (nSPS) is 19.2. The van der Waals surface area contributed by atoms with Gasteiger partial charge in [-0.15, -0.1) is 12.6 Å². The molecule has 1 saturated carbocycles. The molecule has 0 atom stereocenters. The quantitative estimate of drug-likeness (QED) is 0.765. The van der Waals surface area contributed by atoms with Gasteiger partial charge in [-0.25, -0.2) is 0 Å². The second kappa shape index (κ2) is 5.88. The Morgan fingerprint density at radius 2 is 2.00 bits per heavy atom. The van der Waals surface area contributed by atoms with E-state index in [0.717, 1.165) is 17.3 Å². The molecular weight excluding hydrogens is 322 g/mol. The van der Waals surface area contributed by atoms with Crippen molar-refractivity contribution < 1.29 is 4.79 Å². The molecule has 1 aromatic carbocycles. The minimum Gasteiger partial charge on any atom is -0.349 e. The zero-order valence-electron chi connectivity index (χ0n) is 11.4. The summed E-state index contributed by atoms with van der Waals surface area (Å²) in [5.41, 5.74) is 1.07. The monoisotopic (exact) mass is 341 g/mol. The maximum Gasteiger partial charge on any atom is 0.252 e. The Kier molecular flexibility index (Phi) is 4.62. The molecule has 0 spiro atoms. The van der Waals surface area contributed by atoms with Crippen molar-refractivity contribution in [2.45, 2.75) is 50.5 Å². The first kappa shape index (κ1) is 14.9. The Bertz CT molecular complexity index is 477. The molecule has 0 heterocycles. The molecule has 0 aromatic heterocycles. The fraction of sp³-hybridized carbons (Fsp3) is 0.533. The third kappa shape index (κ3) is 3.99. The minimum atomic E-state index is -0.0118. The molecule has 4 heteroatoms. The number of carbonyl (C=O) groups excluding carboxylic acids is 1. The number of amides is 1. The topological polar surface area (TPSA) is 29.1 Å². The van der Waals surface area contributed by atoms with Crippen LogP contribution in [0.15, 0.2) is 27.6 Å². The highest BCUT2D eigenvalue weighted by molar-refractivity contribution is 9.10. The number of nitrogens with one attached hydrogen (secondary N) is 1. The lowest BCUT2D eigenvalue weighted by atomic mass is 9.75. The van der Waals surface area contributed by atoms with E-state index in [2.05, 4.69) is 47.7 Å². The lowest BCUT2D eigenvalue weighted by molar-refractivity contribution is 0.0906. The van der Waals surface area contributed by atoms with Crippen molar-refractivity contribution in [1.29, 1.82) is 0 Å². The van der Waals surface area contributed by atoms with Gasteiger partial charge in [-0.1, -0.05) is 29.8 Å². The molecule has 2 nitrogen and oxygen atoms in total. The van der Waals surface area contributed by atoms with Gasteiger partial charge in [-0.2, -0.15) is 0 Å². The highest BCUT2D eigenvalue weighted by Gasteiger charge is 2.27. The van der Waals surface area contributed by atoms with Gasteiger partial charge in [-0.3, -0.25) is 4.79 Å². The van der Waals surface area contributed by atoms with Crippen LogP contribution in [0.1, 0.15) is 49.9 Å². The van der Waals surface area contributed by atoms with Gasteiger partial charge >= 0.3 is 0 Å². The van der Waals surface area contributed by atoms with Gasteiger partial charge in [0.2, 0.25) is 0 Å². The number of hydrogen-bond acceptors (Lipinski definition) is 2. The van der Waals surface area contributed by atoms with E-state index in [4.69, 9.17) is 0 Å². The van der Waals surface area contributed by atoms with Crippen molar-refractivity contribution in [1.82, 2.24) is 5.32 Å². The molecule has 0 radical (unpaired) electrons. The summed E-state index contributed by atoms with van der Waals surface area (Å²) in [4.78, 5) is 12.9. The van der Waals surface area contributed by atoms with Crippen molar-refractivity contribution in [2.75, 3.05) is 0 Å². The summed E-state index contributed by atoms with van der Waals surface area (Å²) < 4.78 is 0.938. The molecule has 104 valence electrons. The van der Waals surface area contributed by atoms with Crippen LogP contribution in [0.5, 0.6) is 0 Å². The Morgan fingerprint density at radius 1 is 1.37 bits per heavy atom. The maximum atomic E-state index is 12.2. The first-order valence-electron chi connectivity index (χ1n) is 6.67. The van der Waals surface area contributed by atoms with Crippen LogP contribution in [0.25, 0.3) is 0 Å². The Hall–Kier alpha value is -0.480. The van der Waals surface area contributed by atoms with Crippen LogP contribution < -0.4 is 5.32 Å². The standard InChI is InChI=1S/C15H20BrNOS/c1-15(2)7-5-11(6-8-15)17-14(18)12-4-3-10(16)9-13(12)19/h3-4,9,11,19H,5-8H2,1-2H3,(H,17,18). The van der Waals surface area contributed by atoms with Gasteiger partial charge in [0.25, 0.3) is 5.91 Å². The van der Waals surface area contributed by atoms with E-state index in [9.17, 15) is 4.79 Å². The molecule has 2 rings (SSSR count). The largest absolute Gasteiger partial charge is 0.349 e. The third-order valence-electron chi connectivity index (χ3n) is 3.88. The molecule has 0 saturated heterocycles. The number of halogens is 1. The number of carbonyl (C=O) groups is 1. The molecule has 1 aliphatic carbocycles. The molecule has 0 aliphatic heterocycles. The average molecular weight is 342 g/mol. The zero-order valence-corrected chi connectivity index (χ0v) is 13.9. The van der Waals surface area contributed by atoms with Crippen LogP contribution in [-0.2, 0) is 0 Å². The predicted molar refractivity (Wildman–Crippen MR) is 84.9 cm³/mol. The van der Waals surface area contributed by atoms with Crippen molar-refractivity contribution in [2.24, 2.45) is 5.41 Å². The molecule has 1 aliphatic rings. The summed E-state index contributed by atoms with van der Waals surface area (Å²) in [6.07, 6.45) is 4.48. The van der Waals surface area contributed by atoms with Crippen LogP contribution in [0, 0.1) is 5.41 Å². The Labute approximate surface area is 128 Å². The van der Waals surface area contributed by atoms with E-state index in [0.29, 0.717) is 21.9 Å². The number of benzene rings is 1. The maximum absolute atomic E-state index is 12.2. The number of thiol groups is 1. The van der Waals surface area contributed by atoms with Crippen molar-refractivity contribution in [3.05, 3.63) is 28.2 Å². The summed E-state index contributed by atoms with van der Waals surface area (Å²) in [6.45, 7) is 4.59. The van der Waals surface area contributed by atoms with Gasteiger partial charge in [0, 0.05) is 15.4 Å². The van der Waals surface area contributed by atoms with Crippen LogP contribution in [0.2, 0.25) is 0 Å². The van der Waals surface area contributed by atoms with E-state index in [1.807, 2.05) is 18.2 Å². The number of rotatable bonds is 2. The van der Waals surface area contributed by atoms with E-state index in [1.165, 1.54) is 12.8 Å². The molecule has 1 aromatic rings. The Morgan fingerprint density at radius 3 is 2.58 bits per heavy atom. The summed E-state index contributed by atoms with van der Waals surface area (Å²) in [5, 5.41) is 3.13. The van der Waals surface area contributed by atoms with Gasteiger partial charge in [0.05, 0.1) is 5.56 Å². The minimum absolute atomic E-state index is 0.0118. The average Bonchev–Trinajstić information content (AvgIpc) is 2.31. The Balaban J connectivity index is 1.98. The van der Waals surface area contributed by atoms with E-state index < -0.39 is 0 Å². The molecular formula is C15H20BrNOS. The van der Waals surface area contributed by atoms with Crippen LogP contribution in [0.3, 0.4) is 0 Å². The van der Waals surface area contributed by atoms with Crippen LogP contribution >= 0.6 is 28.6 Å². The smallest absolute Gasteiger partial charge is 0.252 e.